The molecule has 0 atom stereocenters. The van der Waals surface area contributed by atoms with Crippen LogP contribution in [0, 0.1) is 0 Å². The van der Waals surface area contributed by atoms with Crippen LogP contribution in [0.4, 0.5) is 0 Å². The van der Waals surface area contributed by atoms with Crippen LogP contribution < -0.4 is 10.1 Å². The Balaban J connectivity index is 2.07. The van der Waals surface area contributed by atoms with Gasteiger partial charge in [0.15, 0.2) is 6.61 Å². The lowest BCUT2D eigenvalue weighted by Gasteiger charge is -2.07. The summed E-state index contributed by atoms with van der Waals surface area (Å²) in [6.07, 6.45) is 2.71. The van der Waals surface area contributed by atoms with Crippen molar-refractivity contribution in [3.8, 4) is 5.75 Å². The second-order valence-electron chi connectivity index (χ2n) is 4.77. The number of benzene rings is 1. The van der Waals surface area contributed by atoms with E-state index >= 15 is 0 Å². The van der Waals surface area contributed by atoms with E-state index in [0.717, 1.165) is 23.1 Å². The number of rotatable bonds is 10. The van der Waals surface area contributed by atoms with Crippen LogP contribution in [0.3, 0.4) is 0 Å². The standard InChI is InChI=1S/C16H22BrNO4/c1-2-3-9-18-15(19)12-22-16(20)8-5-10-21-14-7-4-6-13(17)11-14/h4,6-7,11H,2-3,5,8-10,12H2,1H3,(H,18,19). The Morgan fingerprint density at radius 1 is 1.27 bits per heavy atom. The highest BCUT2D eigenvalue weighted by Gasteiger charge is 2.07. The summed E-state index contributed by atoms with van der Waals surface area (Å²) in [5.41, 5.74) is 0. The summed E-state index contributed by atoms with van der Waals surface area (Å²) < 4.78 is 11.3. The van der Waals surface area contributed by atoms with Gasteiger partial charge in [0, 0.05) is 17.4 Å². The minimum Gasteiger partial charge on any atom is -0.494 e. The van der Waals surface area contributed by atoms with Gasteiger partial charge < -0.3 is 14.8 Å². The molecule has 6 heteroatoms. The predicted molar refractivity (Wildman–Crippen MR) is 87.7 cm³/mol. The molecule has 0 heterocycles. The van der Waals surface area contributed by atoms with Crippen molar-refractivity contribution in [2.24, 2.45) is 0 Å². The maximum atomic E-state index is 11.5. The molecule has 0 saturated heterocycles. The van der Waals surface area contributed by atoms with Crippen LogP contribution >= 0.6 is 15.9 Å². The number of ether oxygens (including phenoxy) is 2. The lowest BCUT2D eigenvalue weighted by atomic mass is 10.3. The van der Waals surface area contributed by atoms with E-state index in [9.17, 15) is 9.59 Å². The Morgan fingerprint density at radius 2 is 2.09 bits per heavy atom. The maximum absolute atomic E-state index is 11.5. The average molecular weight is 372 g/mol. The second kappa shape index (κ2) is 11.1. The lowest BCUT2D eigenvalue weighted by molar-refractivity contribution is -0.148. The number of carbonyl (C=O) groups is 2. The fourth-order valence-electron chi connectivity index (χ4n) is 1.64. The van der Waals surface area contributed by atoms with Gasteiger partial charge in [-0.25, -0.2) is 0 Å². The molecule has 1 rings (SSSR count). The van der Waals surface area contributed by atoms with E-state index < -0.39 is 0 Å². The minimum atomic E-state index is -0.386. The zero-order valence-electron chi connectivity index (χ0n) is 12.8. The van der Waals surface area contributed by atoms with E-state index in [1.165, 1.54) is 0 Å². The van der Waals surface area contributed by atoms with Crippen LogP contribution in [0.25, 0.3) is 0 Å². The first-order valence-electron chi connectivity index (χ1n) is 7.42. The maximum Gasteiger partial charge on any atom is 0.306 e. The Bertz CT molecular complexity index is 479. The van der Waals surface area contributed by atoms with E-state index in [2.05, 4.69) is 21.2 Å². The summed E-state index contributed by atoms with van der Waals surface area (Å²) in [4.78, 5) is 22.8. The molecule has 0 aromatic heterocycles. The summed E-state index contributed by atoms with van der Waals surface area (Å²) in [6.45, 7) is 2.87. The van der Waals surface area contributed by atoms with Crippen molar-refractivity contribution in [3.63, 3.8) is 0 Å². The summed E-state index contributed by atoms with van der Waals surface area (Å²) in [5, 5.41) is 2.69. The second-order valence-corrected chi connectivity index (χ2v) is 5.69. The molecule has 0 spiro atoms. The number of hydrogen-bond acceptors (Lipinski definition) is 4. The third-order valence-electron chi connectivity index (χ3n) is 2.81. The third-order valence-corrected chi connectivity index (χ3v) is 3.30. The first-order chi connectivity index (χ1) is 10.6. The molecular formula is C16H22BrNO4. The number of halogens is 1. The summed E-state index contributed by atoms with van der Waals surface area (Å²) >= 11 is 3.36. The molecule has 22 heavy (non-hydrogen) atoms. The van der Waals surface area contributed by atoms with E-state index in [4.69, 9.17) is 9.47 Å². The first kappa shape index (κ1) is 18.5. The molecule has 1 N–H and O–H groups in total. The van der Waals surface area contributed by atoms with Crippen molar-refractivity contribution in [2.75, 3.05) is 19.8 Å². The van der Waals surface area contributed by atoms with Crippen LogP contribution in [0.1, 0.15) is 32.6 Å². The van der Waals surface area contributed by atoms with E-state index in [1.807, 2.05) is 31.2 Å². The number of nitrogens with one attached hydrogen (secondary N) is 1. The fraction of sp³-hybridized carbons (Fsp3) is 0.500. The van der Waals surface area contributed by atoms with Gasteiger partial charge in [0.05, 0.1) is 6.61 Å². The Morgan fingerprint density at radius 3 is 2.82 bits per heavy atom. The van der Waals surface area contributed by atoms with Gasteiger partial charge in [-0.3, -0.25) is 9.59 Å². The molecule has 0 aliphatic heterocycles. The van der Waals surface area contributed by atoms with Gasteiger partial charge in [-0.1, -0.05) is 35.3 Å². The molecule has 1 amide bonds. The largest absolute Gasteiger partial charge is 0.494 e. The summed E-state index contributed by atoms with van der Waals surface area (Å²) in [7, 11) is 0. The van der Waals surface area contributed by atoms with Gasteiger partial charge >= 0.3 is 5.97 Å². The first-order valence-corrected chi connectivity index (χ1v) is 8.21. The molecule has 1 aromatic rings. The smallest absolute Gasteiger partial charge is 0.306 e. The van der Waals surface area contributed by atoms with Gasteiger partial charge in [-0.05, 0) is 31.0 Å². The van der Waals surface area contributed by atoms with Crippen LogP contribution in [0.2, 0.25) is 0 Å². The highest BCUT2D eigenvalue weighted by atomic mass is 79.9. The quantitative estimate of drug-likeness (QED) is 0.507. The molecule has 0 saturated carbocycles. The topological polar surface area (TPSA) is 64.6 Å². The van der Waals surface area contributed by atoms with Crippen LogP contribution in [0.5, 0.6) is 5.75 Å². The SMILES string of the molecule is CCCCNC(=O)COC(=O)CCCOc1cccc(Br)c1. The molecular weight excluding hydrogens is 350 g/mol. The van der Waals surface area contributed by atoms with E-state index in [0.29, 0.717) is 19.6 Å². The zero-order valence-corrected chi connectivity index (χ0v) is 14.4. The van der Waals surface area contributed by atoms with E-state index in [-0.39, 0.29) is 24.9 Å². The van der Waals surface area contributed by atoms with Crippen LogP contribution in [0.15, 0.2) is 28.7 Å². The van der Waals surface area contributed by atoms with Crippen molar-refractivity contribution in [1.82, 2.24) is 5.32 Å². The molecule has 0 fully saturated rings. The number of amides is 1. The normalized spacial score (nSPS) is 10.1. The van der Waals surface area contributed by atoms with Crippen LogP contribution in [-0.4, -0.2) is 31.6 Å². The molecule has 0 bridgehead atoms. The Kier molecular flexibility index (Phi) is 9.30. The molecule has 122 valence electrons. The van der Waals surface area contributed by atoms with Gasteiger partial charge in [0.1, 0.15) is 5.75 Å². The molecule has 5 nitrogen and oxygen atoms in total. The molecule has 1 aromatic carbocycles. The lowest BCUT2D eigenvalue weighted by Crippen LogP contribution is -2.29. The van der Waals surface area contributed by atoms with Gasteiger partial charge in [-0.15, -0.1) is 0 Å². The highest BCUT2D eigenvalue weighted by Crippen LogP contribution is 2.17. The van der Waals surface area contributed by atoms with Gasteiger partial charge in [-0.2, -0.15) is 0 Å². The number of unbranched alkanes of at least 4 members (excludes halogenated alkanes) is 1. The summed E-state index contributed by atoms with van der Waals surface area (Å²) in [6, 6.07) is 7.50. The van der Waals surface area contributed by atoms with Crippen molar-refractivity contribution in [1.29, 1.82) is 0 Å². The Hall–Kier alpha value is -1.56. The number of hydrogen-bond donors (Lipinski definition) is 1. The van der Waals surface area contributed by atoms with Crippen molar-refractivity contribution >= 4 is 27.8 Å². The van der Waals surface area contributed by atoms with Crippen molar-refractivity contribution in [3.05, 3.63) is 28.7 Å². The molecule has 0 radical (unpaired) electrons. The molecule has 0 unspecified atom stereocenters. The van der Waals surface area contributed by atoms with E-state index in [1.54, 1.807) is 0 Å². The number of esters is 1. The number of carbonyl (C=O) groups excluding carboxylic acids is 2. The van der Waals surface area contributed by atoms with Gasteiger partial charge in [0.25, 0.3) is 5.91 Å². The summed E-state index contributed by atoms with van der Waals surface area (Å²) in [5.74, 6) is 0.105. The monoisotopic (exact) mass is 371 g/mol. The van der Waals surface area contributed by atoms with Crippen LogP contribution in [-0.2, 0) is 14.3 Å². The zero-order chi connectivity index (χ0) is 16.2. The van der Waals surface area contributed by atoms with Gasteiger partial charge in [0.2, 0.25) is 0 Å². The fourth-order valence-corrected chi connectivity index (χ4v) is 2.02. The predicted octanol–water partition coefficient (Wildman–Crippen LogP) is 3.07. The van der Waals surface area contributed by atoms with Crippen molar-refractivity contribution in [2.45, 2.75) is 32.6 Å². The molecule has 0 aliphatic carbocycles. The third kappa shape index (κ3) is 8.67. The van der Waals surface area contributed by atoms with Crippen molar-refractivity contribution < 1.29 is 19.1 Å². The minimum absolute atomic E-state index is 0.213. The highest BCUT2D eigenvalue weighted by molar-refractivity contribution is 9.10. The Labute approximate surface area is 139 Å². The molecule has 0 aliphatic rings. The average Bonchev–Trinajstić information content (AvgIpc) is 2.50.